The molecule has 0 bridgehead atoms. The topological polar surface area (TPSA) is 49.8 Å². The Balaban J connectivity index is 1.91. The first-order chi connectivity index (χ1) is 8.54. The number of halogens is 2. The molecule has 0 aliphatic carbocycles. The van der Waals surface area contributed by atoms with Crippen molar-refractivity contribution in [2.24, 2.45) is 0 Å². The molecule has 1 heterocycles. The highest BCUT2D eigenvalue weighted by atomic mass is 35.5. The number of ether oxygens (including phenoxy) is 1. The van der Waals surface area contributed by atoms with E-state index in [0.29, 0.717) is 22.3 Å². The van der Waals surface area contributed by atoms with Crippen LogP contribution >= 0.6 is 23.2 Å². The molecule has 0 spiro atoms. The number of aliphatic carboxylic acids is 1. The van der Waals surface area contributed by atoms with Crippen molar-refractivity contribution in [2.45, 2.75) is 12.5 Å². The van der Waals surface area contributed by atoms with Crippen molar-refractivity contribution >= 4 is 29.2 Å². The maximum Gasteiger partial charge on any atom is 0.317 e. The highest BCUT2D eigenvalue weighted by molar-refractivity contribution is 6.42. The Labute approximate surface area is 115 Å². The number of carboxylic acids is 1. The normalized spacial score (nSPS) is 20.0. The third-order valence-electron chi connectivity index (χ3n) is 2.78. The molecule has 1 aliphatic rings. The Morgan fingerprint density at radius 2 is 2.22 bits per heavy atom. The second-order valence-electron chi connectivity index (χ2n) is 4.23. The quantitative estimate of drug-likeness (QED) is 0.925. The van der Waals surface area contributed by atoms with Crippen molar-refractivity contribution in [1.29, 1.82) is 0 Å². The lowest BCUT2D eigenvalue weighted by Crippen LogP contribution is -2.29. The van der Waals surface area contributed by atoms with E-state index in [2.05, 4.69) is 0 Å². The zero-order chi connectivity index (χ0) is 13.1. The number of hydrogen-bond donors (Lipinski definition) is 1. The molecular weight excluding hydrogens is 277 g/mol. The molecule has 18 heavy (non-hydrogen) atoms. The van der Waals surface area contributed by atoms with Gasteiger partial charge in [0.05, 0.1) is 16.6 Å². The van der Waals surface area contributed by atoms with E-state index in [0.717, 1.165) is 13.0 Å². The van der Waals surface area contributed by atoms with Crippen molar-refractivity contribution in [1.82, 2.24) is 4.90 Å². The number of rotatable bonds is 4. The fourth-order valence-electron chi connectivity index (χ4n) is 1.97. The Hall–Kier alpha value is -0.970. The van der Waals surface area contributed by atoms with Gasteiger partial charge in [-0.2, -0.15) is 0 Å². The van der Waals surface area contributed by atoms with Crippen LogP contribution in [0.3, 0.4) is 0 Å². The molecule has 1 aliphatic heterocycles. The van der Waals surface area contributed by atoms with E-state index in [1.54, 1.807) is 18.2 Å². The van der Waals surface area contributed by atoms with Crippen LogP contribution in [-0.2, 0) is 4.79 Å². The molecule has 0 radical (unpaired) electrons. The molecule has 98 valence electrons. The fraction of sp³-hybridized carbons (Fsp3) is 0.417. The van der Waals surface area contributed by atoms with E-state index in [4.69, 9.17) is 33.0 Å². The first-order valence-corrected chi connectivity index (χ1v) is 6.36. The van der Waals surface area contributed by atoms with Gasteiger partial charge in [0.15, 0.2) is 0 Å². The van der Waals surface area contributed by atoms with Gasteiger partial charge in [-0.1, -0.05) is 23.2 Å². The van der Waals surface area contributed by atoms with Crippen LogP contribution in [0.15, 0.2) is 18.2 Å². The molecule has 1 N–H and O–H groups in total. The van der Waals surface area contributed by atoms with Crippen LogP contribution in [0, 0.1) is 0 Å². The molecule has 6 heteroatoms. The van der Waals surface area contributed by atoms with E-state index in [1.807, 2.05) is 4.90 Å². The first-order valence-electron chi connectivity index (χ1n) is 5.60. The molecule has 0 saturated carbocycles. The molecule has 1 aromatic carbocycles. The molecule has 0 aromatic heterocycles. The van der Waals surface area contributed by atoms with Gasteiger partial charge in [-0.15, -0.1) is 0 Å². The number of carbonyl (C=O) groups is 1. The molecule has 4 nitrogen and oxygen atoms in total. The van der Waals surface area contributed by atoms with Crippen LogP contribution in [0.1, 0.15) is 6.42 Å². The number of nitrogens with zero attached hydrogens (tertiary/aromatic N) is 1. The molecular formula is C12H13Cl2NO3. The lowest BCUT2D eigenvalue weighted by molar-refractivity contribution is -0.138. The zero-order valence-electron chi connectivity index (χ0n) is 9.60. The SMILES string of the molecule is O=C(O)CN1CC[C@H](Oc2ccc(Cl)c(Cl)c2)C1. The van der Waals surface area contributed by atoms with Gasteiger partial charge in [0.2, 0.25) is 0 Å². The monoisotopic (exact) mass is 289 g/mol. The standard InChI is InChI=1S/C12H13Cl2NO3/c13-10-2-1-8(5-11(10)14)18-9-3-4-15(6-9)7-12(16)17/h1-2,5,9H,3-4,6-7H2,(H,16,17)/t9-/m0/s1. The average Bonchev–Trinajstić information content (AvgIpc) is 2.70. The smallest absolute Gasteiger partial charge is 0.317 e. The average molecular weight is 290 g/mol. The van der Waals surface area contributed by atoms with E-state index in [1.165, 1.54) is 0 Å². The van der Waals surface area contributed by atoms with Gasteiger partial charge < -0.3 is 9.84 Å². The summed E-state index contributed by atoms with van der Waals surface area (Å²) in [5.41, 5.74) is 0. The lowest BCUT2D eigenvalue weighted by Gasteiger charge is -2.15. The summed E-state index contributed by atoms with van der Waals surface area (Å²) in [5, 5.41) is 9.64. The number of likely N-dealkylation sites (tertiary alicyclic amines) is 1. The summed E-state index contributed by atoms with van der Waals surface area (Å²) in [6.07, 6.45) is 0.814. The predicted octanol–water partition coefficient (Wildman–Crippen LogP) is 2.53. The van der Waals surface area contributed by atoms with E-state index in [-0.39, 0.29) is 12.6 Å². The molecule has 1 fully saturated rings. The van der Waals surface area contributed by atoms with Crippen molar-refractivity contribution in [3.8, 4) is 5.75 Å². The molecule has 0 amide bonds. The minimum Gasteiger partial charge on any atom is -0.489 e. The van der Waals surface area contributed by atoms with Crippen molar-refractivity contribution in [3.05, 3.63) is 28.2 Å². The summed E-state index contributed by atoms with van der Waals surface area (Å²) in [6, 6.07) is 5.11. The van der Waals surface area contributed by atoms with Crippen molar-refractivity contribution < 1.29 is 14.6 Å². The van der Waals surface area contributed by atoms with Crippen LogP contribution < -0.4 is 4.74 Å². The van der Waals surface area contributed by atoms with Crippen LogP contribution in [0.5, 0.6) is 5.75 Å². The predicted molar refractivity (Wildman–Crippen MR) is 69.6 cm³/mol. The lowest BCUT2D eigenvalue weighted by atomic mass is 10.3. The highest BCUT2D eigenvalue weighted by Gasteiger charge is 2.25. The third kappa shape index (κ3) is 3.51. The minimum atomic E-state index is -0.815. The third-order valence-corrected chi connectivity index (χ3v) is 3.52. The molecule has 2 rings (SSSR count). The summed E-state index contributed by atoms with van der Waals surface area (Å²) in [7, 11) is 0. The summed E-state index contributed by atoms with van der Waals surface area (Å²) in [4.78, 5) is 12.4. The summed E-state index contributed by atoms with van der Waals surface area (Å²) in [6.45, 7) is 1.41. The molecule has 0 unspecified atom stereocenters. The number of hydrogen-bond acceptors (Lipinski definition) is 3. The maximum absolute atomic E-state index is 10.6. The van der Waals surface area contributed by atoms with Gasteiger partial charge in [-0.25, -0.2) is 0 Å². The van der Waals surface area contributed by atoms with Gasteiger partial charge in [0.25, 0.3) is 0 Å². The minimum absolute atomic E-state index is 0.00147. The fourth-order valence-corrected chi connectivity index (χ4v) is 2.26. The van der Waals surface area contributed by atoms with Crippen LogP contribution in [-0.4, -0.2) is 41.7 Å². The second kappa shape index (κ2) is 5.78. The van der Waals surface area contributed by atoms with Crippen LogP contribution in [0.4, 0.5) is 0 Å². The Morgan fingerprint density at radius 3 is 2.89 bits per heavy atom. The molecule has 1 saturated heterocycles. The molecule has 1 atom stereocenters. The van der Waals surface area contributed by atoms with Crippen molar-refractivity contribution in [2.75, 3.05) is 19.6 Å². The van der Waals surface area contributed by atoms with Crippen molar-refractivity contribution in [3.63, 3.8) is 0 Å². The van der Waals surface area contributed by atoms with E-state index >= 15 is 0 Å². The zero-order valence-corrected chi connectivity index (χ0v) is 11.1. The Bertz CT molecular complexity index is 453. The van der Waals surface area contributed by atoms with Gasteiger partial charge in [0.1, 0.15) is 11.9 Å². The van der Waals surface area contributed by atoms with E-state index in [9.17, 15) is 4.79 Å². The van der Waals surface area contributed by atoms with Gasteiger partial charge >= 0.3 is 5.97 Å². The highest BCUT2D eigenvalue weighted by Crippen LogP contribution is 2.27. The molecule has 1 aromatic rings. The summed E-state index contributed by atoms with van der Waals surface area (Å²) < 4.78 is 5.75. The Morgan fingerprint density at radius 1 is 1.44 bits per heavy atom. The first kappa shape index (κ1) is 13.5. The summed E-state index contributed by atoms with van der Waals surface area (Å²) >= 11 is 11.7. The largest absolute Gasteiger partial charge is 0.489 e. The maximum atomic E-state index is 10.6. The van der Waals surface area contributed by atoms with E-state index < -0.39 is 5.97 Å². The van der Waals surface area contributed by atoms with Crippen LogP contribution in [0.2, 0.25) is 10.0 Å². The second-order valence-corrected chi connectivity index (χ2v) is 5.05. The van der Waals surface area contributed by atoms with Gasteiger partial charge in [-0.3, -0.25) is 9.69 Å². The van der Waals surface area contributed by atoms with Crippen LogP contribution in [0.25, 0.3) is 0 Å². The van der Waals surface area contributed by atoms with Gasteiger partial charge in [-0.05, 0) is 18.6 Å². The summed E-state index contributed by atoms with van der Waals surface area (Å²) in [5.74, 6) is -0.156. The number of carboxylic acid groups (broad SMARTS) is 1. The Kier molecular flexibility index (Phi) is 4.32. The number of benzene rings is 1. The van der Waals surface area contributed by atoms with Gasteiger partial charge in [0, 0.05) is 19.2 Å².